The van der Waals surface area contributed by atoms with Gasteiger partial charge in [-0.25, -0.2) is 0 Å². The first-order chi connectivity index (χ1) is 10.1. The SMILES string of the molecule is Cc1cc(C(=O)N2CC3CCCCN3CC2C)ccc1O. The van der Waals surface area contributed by atoms with Crippen molar-refractivity contribution in [2.24, 2.45) is 0 Å². The first kappa shape index (κ1) is 14.4. The summed E-state index contributed by atoms with van der Waals surface area (Å²) in [5.41, 5.74) is 1.44. The second-order valence-corrected chi connectivity index (χ2v) is 6.45. The molecule has 0 radical (unpaired) electrons. The second-order valence-electron chi connectivity index (χ2n) is 6.45. The van der Waals surface area contributed by atoms with Gasteiger partial charge in [0.05, 0.1) is 0 Å². The Kier molecular flexibility index (Phi) is 3.89. The minimum Gasteiger partial charge on any atom is -0.508 e. The fourth-order valence-electron chi connectivity index (χ4n) is 3.59. The van der Waals surface area contributed by atoms with Crippen LogP contribution < -0.4 is 0 Å². The Labute approximate surface area is 126 Å². The number of phenolic OH excluding ortho intramolecular Hbond substituents is 1. The first-order valence-corrected chi connectivity index (χ1v) is 7.91. The molecule has 2 atom stereocenters. The van der Waals surface area contributed by atoms with Gasteiger partial charge in [0.2, 0.25) is 0 Å². The number of hydrogen-bond acceptors (Lipinski definition) is 3. The Morgan fingerprint density at radius 2 is 2.10 bits per heavy atom. The van der Waals surface area contributed by atoms with Gasteiger partial charge in [0, 0.05) is 30.7 Å². The van der Waals surface area contributed by atoms with E-state index in [-0.39, 0.29) is 17.7 Å². The van der Waals surface area contributed by atoms with Crippen molar-refractivity contribution in [3.8, 4) is 5.75 Å². The maximum absolute atomic E-state index is 12.8. The van der Waals surface area contributed by atoms with Gasteiger partial charge in [-0.15, -0.1) is 0 Å². The fourth-order valence-corrected chi connectivity index (χ4v) is 3.59. The van der Waals surface area contributed by atoms with E-state index in [2.05, 4.69) is 11.8 Å². The standard InChI is InChI=1S/C17H24N2O2/c1-12-9-14(6-7-16(12)20)17(21)19-11-15-5-3-4-8-18(15)10-13(19)2/h6-7,9,13,15,20H,3-5,8,10-11H2,1-2H3. The minimum absolute atomic E-state index is 0.0934. The Morgan fingerprint density at radius 3 is 2.86 bits per heavy atom. The van der Waals surface area contributed by atoms with Crippen LogP contribution in [0.25, 0.3) is 0 Å². The van der Waals surface area contributed by atoms with Gasteiger partial charge >= 0.3 is 0 Å². The number of amides is 1. The third-order valence-electron chi connectivity index (χ3n) is 4.89. The molecule has 4 heteroatoms. The summed E-state index contributed by atoms with van der Waals surface area (Å²) in [5.74, 6) is 0.340. The summed E-state index contributed by atoms with van der Waals surface area (Å²) in [4.78, 5) is 17.3. The average Bonchev–Trinajstić information content (AvgIpc) is 2.48. The molecule has 2 aliphatic heterocycles. The van der Waals surface area contributed by atoms with Crippen molar-refractivity contribution >= 4 is 5.91 Å². The molecule has 2 heterocycles. The van der Waals surface area contributed by atoms with Crippen LogP contribution in [0.2, 0.25) is 0 Å². The molecule has 114 valence electrons. The van der Waals surface area contributed by atoms with Crippen LogP contribution >= 0.6 is 0 Å². The zero-order valence-corrected chi connectivity index (χ0v) is 12.9. The van der Waals surface area contributed by atoms with Crippen LogP contribution in [0.4, 0.5) is 0 Å². The lowest BCUT2D eigenvalue weighted by atomic mass is 9.96. The second kappa shape index (κ2) is 5.68. The number of aryl methyl sites for hydroxylation is 1. The molecule has 2 saturated heterocycles. The summed E-state index contributed by atoms with van der Waals surface area (Å²) >= 11 is 0. The van der Waals surface area contributed by atoms with Crippen molar-refractivity contribution in [2.75, 3.05) is 19.6 Å². The lowest BCUT2D eigenvalue weighted by Gasteiger charge is -2.47. The van der Waals surface area contributed by atoms with E-state index in [1.807, 2.05) is 11.8 Å². The molecule has 4 nitrogen and oxygen atoms in total. The number of aromatic hydroxyl groups is 1. The van der Waals surface area contributed by atoms with E-state index in [4.69, 9.17) is 0 Å². The normalized spacial score (nSPS) is 26.5. The van der Waals surface area contributed by atoms with Gasteiger partial charge in [0.15, 0.2) is 0 Å². The van der Waals surface area contributed by atoms with Crippen LogP contribution in [0.5, 0.6) is 5.75 Å². The summed E-state index contributed by atoms with van der Waals surface area (Å²) in [6.45, 7) is 6.95. The zero-order valence-electron chi connectivity index (χ0n) is 12.9. The smallest absolute Gasteiger partial charge is 0.254 e. The third kappa shape index (κ3) is 2.77. The summed E-state index contributed by atoms with van der Waals surface area (Å²) in [6, 6.07) is 5.91. The molecule has 1 aromatic carbocycles. The molecule has 21 heavy (non-hydrogen) atoms. The topological polar surface area (TPSA) is 43.8 Å². The largest absolute Gasteiger partial charge is 0.508 e. The van der Waals surface area contributed by atoms with Gasteiger partial charge in [-0.2, -0.15) is 0 Å². The summed E-state index contributed by atoms with van der Waals surface area (Å²) in [6.07, 6.45) is 3.76. The Morgan fingerprint density at radius 1 is 1.29 bits per heavy atom. The molecule has 2 unspecified atom stereocenters. The number of piperidine rings is 1. The maximum atomic E-state index is 12.8. The first-order valence-electron chi connectivity index (χ1n) is 7.91. The third-order valence-corrected chi connectivity index (χ3v) is 4.89. The highest BCUT2D eigenvalue weighted by molar-refractivity contribution is 5.95. The number of piperazine rings is 1. The summed E-state index contributed by atoms with van der Waals surface area (Å²) in [5, 5.41) is 9.61. The molecule has 1 amide bonds. The highest BCUT2D eigenvalue weighted by atomic mass is 16.3. The van der Waals surface area contributed by atoms with Gasteiger partial charge in [0.1, 0.15) is 5.75 Å². The van der Waals surface area contributed by atoms with Crippen molar-refractivity contribution in [3.63, 3.8) is 0 Å². The number of carbonyl (C=O) groups is 1. The van der Waals surface area contributed by atoms with Crippen molar-refractivity contribution in [1.29, 1.82) is 0 Å². The average molecular weight is 288 g/mol. The number of nitrogens with zero attached hydrogens (tertiary/aromatic N) is 2. The number of fused-ring (bicyclic) bond motifs is 1. The molecule has 0 aromatic heterocycles. The van der Waals surface area contributed by atoms with Gasteiger partial charge in [0.25, 0.3) is 5.91 Å². The lowest BCUT2D eigenvalue weighted by Crippen LogP contribution is -2.60. The highest BCUT2D eigenvalue weighted by Crippen LogP contribution is 2.26. The van der Waals surface area contributed by atoms with Crippen molar-refractivity contribution in [3.05, 3.63) is 29.3 Å². The number of hydrogen-bond donors (Lipinski definition) is 1. The predicted molar refractivity (Wildman–Crippen MR) is 82.6 cm³/mol. The number of benzene rings is 1. The molecule has 2 fully saturated rings. The van der Waals surface area contributed by atoms with Gasteiger partial charge < -0.3 is 10.0 Å². The molecule has 0 bridgehead atoms. The van der Waals surface area contributed by atoms with E-state index < -0.39 is 0 Å². The Hall–Kier alpha value is -1.55. The van der Waals surface area contributed by atoms with E-state index >= 15 is 0 Å². The molecule has 2 aliphatic rings. The van der Waals surface area contributed by atoms with Crippen LogP contribution in [-0.4, -0.2) is 52.5 Å². The van der Waals surface area contributed by atoms with Crippen LogP contribution in [0.15, 0.2) is 18.2 Å². The molecule has 0 spiro atoms. The Bertz CT molecular complexity index is 544. The monoisotopic (exact) mass is 288 g/mol. The minimum atomic E-state index is 0.0934. The number of phenols is 1. The fraction of sp³-hybridized carbons (Fsp3) is 0.588. The highest BCUT2D eigenvalue weighted by Gasteiger charge is 2.35. The summed E-state index contributed by atoms with van der Waals surface area (Å²) < 4.78 is 0. The molecule has 0 saturated carbocycles. The molecule has 1 aromatic rings. The van der Waals surface area contributed by atoms with Gasteiger partial charge in [-0.1, -0.05) is 6.42 Å². The van der Waals surface area contributed by atoms with Crippen LogP contribution in [0.1, 0.15) is 42.1 Å². The van der Waals surface area contributed by atoms with Gasteiger partial charge in [-0.3, -0.25) is 9.69 Å². The Balaban J connectivity index is 1.78. The number of carbonyl (C=O) groups excluding carboxylic acids is 1. The summed E-state index contributed by atoms with van der Waals surface area (Å²) in [7, 11) is 0. The van der Waals surface area contributed by atoms with Crippen molar-refractivity contribution < 1.29 is 9.90 Å². The molecule has 1 N–H and O–H groups in total. The van der Waals surface area contributed by atoms with Crippen LogP contribution in [0, 0.1) is 6.92 Å². The quantitative estimate of drug-likeness (QED) is 0.863. The van der Waals surface area contributed by atoms with E-state index in [1.165, 1.54) is 25.8 Å². The van der Waals surface area contributed by atoms with Gasteiger partial charge in [-0.05, 0) is 57.0 Å². The zero-order chi connectivity index (χ0) is 15.0. The van der Waals surface area contributed by atoms with E-state index in [0.29, 0.717) is 11.6 Å². The molecule has 0 aliphatic carbocycles. The van der Waals surface area contributed by atoms with Crippen LogP contribution in [-0.2, 0) is 0 Å². The number of rotatable bonds is 1. The van der Waals surface area contributed by atoms with Crippen LogP contribution in [0.3, 0.4) is 0 Å². The van der Waals surface area contributed by atoms with E-state index in [0.717, 1.165) is 18.7 Å². The lowest BCUT2D eigenvalue weighted by molar-refractivity contribution is 0.0151. The van der Waals surface area contributed by atoms with Crippen molar-refractivity contribution in [1.82, 2.24) is 9.80 Å². The maximum Gasteiger partial charge on any atom is 0.254 e. The molecular weight excluding hydrogens is 264 g/mol. The van der Waals surface area contributed by atoms with E-state index in [9.17, 15) is 9.90 Å². The predicted octanol–water partition coefficient (Wildman–Crippen LogP) is 2.40. The van der Waals surface area contributed by atoms with E-state index in [1.54, 1.807) is 18.2 Å². The van der Waals surface area contributed by atoms with Crippen molar-refractivity contribution in [2.45, 2.75) is 45.2 Å². The molecular formula is C17H24N2O2. The molecule has 3 rings (SSSR count).